The lowest BCUT2D eigenvalue weighted by molar-refractivity contribution is -0.141. The molecule has 3 aromatic rings. The Morgan fingerprint density at radius 1 is 1.00 bits per heavy atom. The van der Waals surface area contributed by atoms with Crippen LogP contribution in [0.4, 0.5) is 0 Å². The van der Waals surface area contributed by atoms with E-state index in [-0.39, 0.29) is 12.3 Å². The number of allylic oxidation sites excluding steroid dienone is 4. The van der Waals surface area contributed by atoms with Crippen molar-refractivity contribution in [3.8, 4) is 0 Å². The maximum atomic E-state index is 12.7. The molecule has 4 rings (SSSR count). The molecule has 0 fully saturated rings. The normalized spacial score (nSPS) is 14.3. The second-order valence-corrected chi connectivity index (χ2v) is 11.7. The van der Waals surface area contributed by atoms with Gasteiger partial charge in [-0.1, -0.05) is 79.6 Å². The zero-order chi connectivity index (χ0) is 27.6. The molecule has 3 aromatic carbocycles. The molecule has 0 spiro atoms. The van der Waals surface area contributed by atoms with Gasteiger partial charge in [-0.3, -0.25) is 4.79 Å². The molecule has 0 aliphatic heterocycles. The number of nitrogens with one attached hydrogen (secondary N) is 1. The fourth-order valence-electron chi connectivity index (χ4n) is 4.94. The molecule has 4 nitrogen and oxygen atoms in total. The number of fused-ring (bicyclic) bond motifs is 1. The summed E-state index contributed by atoms with van der Waals surface area (Å²) < 4.78 is 0. The number of hydrogen-bond donors (Lipinski definition) is 2. The second kappa shape index (κ2) is 14.4. The van der Waals surface area contributed by atoms with Gasteiger partial charge in [0.05, 0.1) is 0 Å². The number of benzene rings is 3. The van der Waals surface area contributed by atoms with Gasteiger partial charge in [-0.25, -0.2) is 4.79 Å². The average Bonchev–Trinajstić information content (AvgIpc) is 3.16. The van der Waals surface area contributed by atoms with Gasteiger partial charge in [0.15, 0.2) is 0 Å². The molecule has 2 N–H and O–H groups in total. The number of aliphatic carboxylic acids is 1. The van der Waals surface area contributed by atoms with E-state index in [1.54, 1.807) is 11.8 Å². The number of carboxylic acids is 1. The number of carbonyl (C=O) groups excluding carboxylic acids is 1. The monoisotopic (exact) mass is 561 g/mol. The smallest absolute Gasteiger partial charge is 0.326 e. The van der Waals surface area contributed by atoms with Crippen molar-refractivity contribution >= 4 is 51.6 Å². The molecule has 0 aromatic heterocycles. The summed E-state index contributed by atoms with van der Waals surface area (Å²) in [5.74, 6) is -0.434. The molecule has 0 heterocycles. The minimum absolute atomic E-state index is 0.220. The number of carboxylic acid groups (broad SMARTS) is 1. The Hall–Kier alpha value is -3.02. The molecule has 39 heavy (non-hydrogen) atoms. The number of aryl methyl sites for hydroxylation is 1. The van der Waals surface area contributed by atoms with Crippen LogP contribution in [-0.2, 0) is 22.4 Å². The Labute approximate surface area is 240 Å². The fourth-order valence-corrected chi connectivity index (χ4v) is 6.03. The third-order valence-electron chi connectivity index (χ3n) is 7.02. The summed E-state index contributed by atoms with van der Waals surface area (Å²) in [5, 5.41) is 15.9. The lowest BCUT2D eigenvalue weighted by Crippen LogP contribution is -2.42. The predicted molar refractivity (Wildman–Crippen MR) is 163 cm³/mol. The summed E-state index contributed by atoms with van der Waals surface area (Å²) in [6, 6.07) is 20.0. The number of carbonyl (C=O) groups is 2. The van der Waals surface area contributed by atoms with E-state index >= 15 is 0 Å². The maximum Gasteiger partial charge on any atom is 0.326 e. The van der Waals surface area contributed by atoms with Crippen molar-refractivity contribution in [3.63, 3.8) is 0 Å². The first-order valence-corrected chi connectivity index (χ1v) is 15.1. The quantitative estimate of drug-likeness (QED) is 0.173. The molecule has 204 valence electrons. The zero-order valence-corrected chi connectivity index (χ0v) is 24.0. The molecule has 0 saturated carbocycles. The second-order valence-electron chi connectivity index (χ2n) is 10.0. The van der Waals surface area contributed by atoms with Crippen LogP contribution >= 0.6 is 23.4 Å². The van der Waals surface area contributed by atoms with Gasteiger partial charge in [-0.05, 0) is 89.1 Å². The molecule has 1 aliphatic carbocycles. The molecule has 1 amide bonds. The summed E-state index contributed by atoms with van der Waals surface area (Å²) in [6.07, 6.45) is 10.0. The molecular formula is C33H36ClNO3S. The van der Waals surface area contributed by atoms with E-state index in [2.05, 4.69) is 60.8 Å². The highest BCUT2D eigenvalue weighted by Gasteiger charge is 2.22. The van der Waals surface area contributed by atoms with Crippen LogP contribution in [0.5, 0.6) is 0 Å². The van der Waals surface area contributed by atoms with E-state index in [9.17, 15) is 14.7 Å². The van der Waals surface area contributed by atoms with Crippen LogP contribution in [0.25, 0.3) is 16.3 Å². The summed E-state index contributed by atoms with van der Waals surface area (Å²) in [6.45, 7) is 2.12. The van der Waals surface area contributed by atoms with Gasteiger partial charge in [-0.15, -0.1) is 11.8 Å². The van der Waals surface area contributed by atoms with Crippen LogP contribution in [0.15, 0.2) is 82.7 Å². The van der Waals surface area contributed by atoms with Gasteiger partial charge in [0.1, 0.15) is 6.04 Å². The van der Waals surface area contributed by atoms with E-state index in [4.69, 9.17) is 11.6 Å². The molecule has 0 radical (unpaired) electrons. The van der Waals surface area contributed by atoms with Gasteiger partial charge in [0.2, 0.25) is 5.91 Å². The van der Waals surface area contributed by atoms with Crippen LogP contribution in [0.3, 0.4) is 0 Å². The third-order valence-corrected chi connectivity index (χ3v) is 8.41. The standard InChI is InChI=1S/C33H36ClNO3S/c1-2-7-25-20-27(24-10-5-11-29(34)17-15-24)13-14-28(25)22-31(33(37)38)35-32(36)12-6-19-39-30-18-16-23-8-3-4-9-26(23)21-30/h3-4,8-9,13-18,20-21,31H,2,5-7,10-12,19,22H2,1H3,(H,35,36)(H,37,38). The largest absolute Gasteiger partial charge is 0.480 e. The van der Waals surface area contributed by atoms with Crippen molar-refractivity contribution < 1.29 is 14.7 Å². The Kier molecular flexibility index (Phi) is 10.7. The Balaban J connectivity index is 1.33. The highest BCUT2D eigenvalue weighted by Crippen LogP contribution is 2.29. The first-order valence-electron chi connectivity index (χ1n) is 13.7. The lowest BCUT2D eigenvalue weighted by Gasteiger charge is -2.18. The maximum absolute atomic E-state index is 12.7. The molecule has 1 atom stereocenters. The topological polar surface area (TPSA) is 66.4 Å². The van der Waals surface area contributed by atoms with Crippen molar-refractivity contribution in [3.05, 3.63) is 94.5 Å². The van der Waals surface area contributed by atoms with Gasteiger partial charge in [-0.2, -0.15) is 0 Å². The van der Waals surface area contributed by atoms with Crippen molar-refractivity contribution in [2.45, 2.75) is 69.2 Å². The molecule has 0 bridgehead atoms. The number of amides is 1. The van der Waals surface area contributed by atoms with Crippen molar-refractivity contribution in [2.24, 2.45) is 0 Å². The van der Waals surface area contributed by atoms with Crippen molar-refractivity contribution in [1.82, 2.24) is 5.32 Å². The minimum atomic E-state index is -1.01. The van der Waals surface area contributed by atoms with Crippen LogP contribution in [-0.4, -0.2) is 28.8 Å². The predicted octanol–water partition coefficient (Wildman–Crippen LogP) is 8.17. The first-order chi connectivity index (χ1) is 18.9. The summed E-state index contributed by atoms with van der Waals surface area (Å²) in [7, 11) is 0. The van der Waals surface area contributed by atoms with Crippen molar-refractivity contribution in [1.29, 1.82) is 0 Å². The highest BCUT2D eigenvalue weighted by molar-refractivity contribution is 7.99. The van der Waals surface area contributed by atoms with Gasteiger partial charge < -0.3 is 10.4 Å². The SMILES string of the molecule is CCCc1cc(C2=CC=C(Cl)CCC2)ccc1CC(NC(=O)CCCSc1ccc2ccccc2c1)C(=O)O. The fraction of sp³-hybridized carbons (Fsp3) is 0.333. The van der Waals surface area contributed by atoms with E-state index in [0.29, 0.717) is 12.8 Å². The van der Waals surface area contributed by atoms with Gasteiger partial charge in [0.25, 0.3) is 0 Å². The molecule has 0 saturated heterocycles. The summed E-state index contributed by atoms with van der Waals surface area (Å²) in [5.41, 5.74) is 4.52. The Bertz CT molecular complexity index is 1380. The van der Waals surface area contributed by atoms with Gasteiger partial charge in [0, 0.05) is 22.8 Å². The van der Waals surface area contributed by atoms with E-state index < -0.39 is 12.0 Å². The van der Waals surface area contributed by atoms with Crippen LogP contribution < -0.4 is 5.32 Å². The van der Waals surface area contributed by atoms with Crippen LogP contribution in [0.2, 0.25) is 0 Å². The summed E-state index contributed by atoms with van der Waals surface area (Å²) >= 11 is 7.94. The van der Waals surface area contributed by atoms with E-state index in [1.165, 1.54) is 21.2 Å². The number of halogens is 1. The Morgan fingerprint density at radius 3 is 2.62 bits per heavy atom. The number of hydrogen-bond acceptors (Lipinski definition) is 3. The van der Waals surface area contributed by atoms with Crippen LogP contribution in [0, 0.1) is 0 Å². The third kappa shape index (κ3) is 8.48. The average molecular weight is 562 g/mol. The minimum Gasteiger partial charge on any atom is -0.480 e. The zero-order valence-electron chi connectivity index (χ0n) is 22.4. The highest BCUT2D eigenvalue weighted by atomic mass is 35.5. The molecule has 1 aliphatic rings. The first kappa shape index (κ1) is 29.0. The van der Waals surface area contributed by atoms with E-state index in [0.717, 1.165) is 59.6 Å². The summed E-state index contributed by atoms with van der Waals surface area (Å²) in [4.78, 5) is 25.9. The van der Waals surface area contributed by atoms with Crippen molar-refractivity contribution in [2.75, 3.05) is 5.75 Å². The number of rotatable bonds is 12. The lowest BCUT2D eigenvalue weighted by atomic mass is 9.91. The molecule has 1 unspecified atom stereocenters. The van der Waals surface area contributed by atoms with E-state index in [1.807, 2.05) is 24.3 Å². The Morgan fingerprint density at radius 2 is 1.82 bits per heavy atom. The van der Waals surface area contributed by atoms with Gasteiger partial charge >= 0.3 is 5.97 Å². The molecular weight excluding hydrogens is 526 g/mol. The molecule has 6 heteroatoms. The number of thioether (sulfide) groups is 1. The van der Waals surface area contributed by atoms with Crippen LogP contribution in [0.1, 0.15) is 62.1 Å².